The zero-order chi connectivity index (χ0) is 20.4. The van der Waals surface area contributed by atoms with E-state index in [1.807, 2.05) is 0 Å². The molecule has 150 valence electrons. The van der Waals surface area contributed by atoms with E-state index in [-0.39, 0.29) is 5.56 Å². The summed E-state index contributed by atoms with van der Waals surface area (Å²) in [7, 11) is 1.31. The number of aromatic nitrogens is 1. The van der Waals surface area contributed by atoms with Crippen LogP contribution in [0.1, 0.15) is 44.0 Å². The number of anilines is 1. The first kappa shape index (κ1) is 19.1. The number of nitrogens with one attached hydrogen (secondary N) is 1. The number of esters is 2. The zero-order valence-electron chi connectivity index (χ0n) is 15.6. The number of oxazole rings is 1. The number of fused-ring (bicyclic) bond motifs is 2. The van der Waals surface area contributed by atoms with E-state index < -0.39 is 24.5 Å². The second-order valence-electron chi connectivity index (χ2n) is 6.57. The predicted molar refractivity (Wildman–Crippen MR) is 105 cm³/mol. The number of aryl methyl sites for hydroxylation is 1. The van der Waals surface area contributed by atoms with E-state index in [9.17, 15) is 14.4 Å². The lowest BCUT2D eigenvalue weighted by Crippen LogP contribution is -2.21. The Morgan fingerprint density at radius 3 is 2.86 bits per heavy atom. The molecule has 4 rings (SSSR count). The number of hydrogen-bond acceptors (Lipinski definition) is 8. The molecular weight excluding hydrogens is 396 g/mol. The molecule has 0 bridgehead atoms. The molecule has 8 nitrogen and oxygen atoms in total. The Bertz CT molecular complexity index is 1100. The molecule has 9 heteroatoms. The molecule has 1 N–H and O–H groups in total. The lowest BCUT2D eigenvalue weighted by Gasteiger charge is -2.11. The third-order valence-corrected chi connectivity index (χ3v) is 5.92. The molecule has 1 aromatic carbocycles. The van der Waals surface area contributed by atoms with Crippen molar-refractivity contribution in [3.63, 3.8) is 0 Å². The van der Waals surface area contributed by atoms with Gasteiger partial charge < -0.3 is 19.2 Å². The van der Waals surface area contributed by atoms with Crippen LogP contribution in [0.5, 0.6) is 0 Å². The highest BCUT2D eigenvalue weighted by Gasteiger charge is 2.27. The lowest BCUT2D eigenvalue weighted by atomic mass is 9.95. The van der Waals surface area contributed by atoms with E-state index in [1.54, 1.807) is 12.1 Å². The molecule has 1 aliphatic carbocycles. The molecule has 0 saturated carbocycles. The number of benzene rings is 1. The summed E-state index contributed by atoms with van der Waals surface area (Å²) in [5.74, 6) is -1.66. The van der Waals surface area contributed by atoms with Gasteiger partial charge in [-0.15, -0.1) is 11.3 Å². The van der Waals surface area contributed by atoms with Crippen LogP contribution in [0.3, 0.4) is 0 Å². The second kappa shape index (κ2) is 8.04. The summed E-state index contributed by atoms with van der Waals surface area (Å²) in [6, 6.07) is 4.69. The fraction of sp³-hybridized carbons (Fsp3) is 0.300. The van der Waals surface area contributed by atoms with Gasteiger partial charge in [0.15, 0.2) is 18.6 Å². The first-order valence-corrected chi connectivity index (χ1v) is 9.91. The van der Waals surface area contributed by atoms with Crippen molar-refractivity contribution in [1.82, 2.24) is 4.98 Å². The molecule has 0 fully saturated rings. The van der Waals surface area contributed by atoms with E-state index in [1.165, 1.54) is 30.9 Å². The topological polar surface area (TPSA) is 108 Å². The van der Waals surface area contributed by atoms with Crippen LogP contribution in [0.4, 0.5) is 5.00 Å². The summed E-state index contributed by atoms with van der Waals surface area (Å²) in [6.45, 7) is -0.476. The molecular formula is C20H18N2O6S. The number of hydrogen-bond donors (Lipinski definition) is 1. The summed E-state index contributed by atoms with van der Waals surface area (Å²) in [6.07, 6.45) is 4.99. The quantitative estimate of drug-likeness (QED) is 0.638. The Labute approximate surface area is 169 Å². The second-order valence-corrected chi connectivity index (χ2v) is 7.67. The smallest absolute Gasteiger partial charge is 0.341 e. The Balaban J connectivity index is 1.43. The minimum Gasteiger partial charge on any atom is -0.465 e. The van der Waals surface area contributed by atoms with E-state index in [2.05, 4.69) is 10.3 Å². The molecule has 2 heterocycles. The number of carbonyl (C=O) groups is 3. The van der Waals surface area contributed by atoms with Gasteiger partial charge in [0, 0.05) is 4.88 Å². The zero-order valence-corrected chi connectivity index (χ0v) is 16.5. The Morgan fingerprint density at radius 1 is 1.21 bits per heavy atom. The average molecular weight is 414 g/mol. The van der Waals surface area contributed by atoms with Gasteiger partial charge in [-0.25, -0.2) is 14.6 Å². The Hall–Kier alpha value is -3.20. The van der Waals surface area contributed by atoms with Gasteiger partial charge >= 0.3 is 11.9 Å². The SMILES string of the molecule is COC(=O)c1c(NC(=O)COC(=O)c2ccc3ncoc3c2)sc2c1CCCC2. The highest BCUT2D eigenvalue weighted by molar-refractivity contribution is 7.17. The standard InChI is InChI=1S/C20H18N2O6S/c1-26-20(25)17-12-4-2-3-5-15(12)29-18(17)22-16(23)9-27-19(24)11-6-7-13-14(8-11)28-10-21-13/h6-8,10H,2-5,9H2,1H3,(H,22,23). The first-order valence-electron chi connectivity index (χ1n) is 9.10. The Kier molecular flexibility index (Phi) is 5.30. The van der Waals surface area contributed by atoms with Crippen LogP contribution in [0.15, 0.2) is 29.0 Å². The van der Waals surface area contributed by atoms with Crippen molar-refractivity contribution in [3.05, 3.63) is 46.2 Å². The van der Waals surface area contributed by atoms with E-state index in [0.29, 0.717) is 21.7 Å². The minimum atomic E-state index is -0.655. The number of methoxy groups -OCH3 is 1. The van der Waals surface area contributed by atoms with Crippen LogP contribution in [-0.2, 0) is 27.1 Å². The molecule has 0 atom stereocenters. The van der Waals surface area contributed by atoms with Crippen molar-refractivity contribution in [2.75, 3.05) is 19.0 Å². The molecule has 1 aliphatic rings. The maximum Gasteiger partial charge on any atom is 0.341 e. The highest BCUT2D eigenvalue weighted by atomic mass is 32.1. The van der Waals surface area contributed by atoms with Crippen LogP contribution in [0.25, 0.3) is 11.1 Å². The third-order valence-electron chi connectivity index (χ3n) is 4.72. The van der Waals surface area contributed by atoms with Gasteiger partial charge in [0.1, 0.15) is 10.5 Å². The van der Waals surface area contributed by atoms with Gasteiger partial charge in [0.25, 0.3) is 5.91 Å². The lowest BCUT2D eigenvalue weighted by molar-refractivity contribution is -0.119. The third kappa shape index (κ3) is 3.86. The number of thiophene rings is 1. The fourth-order valence-electron chi connectivity index (χ4n) is 3.33. The highest BCUT2D eigenvalue weighted by Crippen LogP contribution is 2.38. The van der Waals surface area contributed by atoms with Crippen molar-refractivity contribution in [3.8, 4) is 0 Å². The van der Waals surface area contributed by atoms with Gasteiger partial charge in [-0.1, -0.05) is 0 Å². The van der Waals surface area contributed by atoms with Gasteiger partial charge in [-0.05, 0) is 49.4 Å². The van der Waals surface area contributed by atoms with E-state index in [4.69, 9.17) is 13.9 Å². The van der Waals surface area contributed by atoms with Crippen LogP contribution >= 0.6 is 11.3 Å². The van der Waals surface area contributed by atoms with Gasteiger partial charge in [0.2, 0.25) is 0 Å². The minimum absolute atomic E-state index is 0.254. The van der Waals surface area contributed by atoms with Gasteiger partial charge in [-0.3, -0.25) is 4.79 Å². The summed E-state index contributed by atoms with van der Waals surface area (Å²) >= 11 is 1.37. The number of carbonyl (C=O) groups excluding carboxylic acids is 3. The molecule has 0 unspecified atom stereocenters. The van der Waals surface area contributed by atoms with Crippen LogP contribution < -0.4 is 5.32 Å². The summed E-state index contributed by atoms with van der Waals surface area (Å²) in [5.41, 5.74) is 2.68. The molecule has 0 spiro atoms. The number of ether oxygens (including phenoxy) is 2. The van der Waals surface area contributed by atoms with Crippen molar-refractivity contribution >= 4 is 45.3 Å². The van der Waals surface area contributed by atoms with Crippen molar-refractivity contribution in [1.29, 1.82) is 0 Å². The van der Waals surface area contributed by atoms with Crippen LogP contribution in [0.2, 0.25) is 0 Å². The van der Waals surface area contributed by atoms with Crippen molar-refractivity contribution in [2.45, 2.75) is 25.7 Å². The molecule has 1 amide bonds. The number of amides is 1. The predicted octanol–water partition coefficient (Wildman–Crippen LogP) is 3.35. The van der Waals surface area contributed by atoms with E-state index in [0.717, 1.165) is 36.1 Å². The fourth-order valence-corrected chi connectivity index (χ4v) is 4.62. The summed E-state index contributed by atoms with van der Waals surface area (Å²) in [5, 5.41) is 3.13. The molecule has 0 aliphatic heterocycles. The maximum atomic E-state index is 12.3. The molecule has 0 radical (unpaired) electrons. The normalized spacial score (nSPS) is 13.0. The monoisotopic (exact) mass is 414 g/mol. The molecule has 0 saturated heterocycles. The largest absolute Gasteiger partial charge is 0.465 e. The Morgan fingerprint density at radius 2 is 2.03 bits per heavy atom. The van der Waals surface area contributed by atoms with Crippen molar-refractivity contribution in [2.24, 2.45) is 0 Å². The van der Waals surface area contributed by atoms with Gasteiger partial charge in [-0.2, -0.15) is 0 Å². The average Bonchev–Trinajstić information content (AvgIpc) is 3.34. The van der Waals surface area contributed by atoms with E-state index >= 15 is 0 Å². The molecule has 3 aromatic rings. The summed E-state index contributed by atoms with van der Waals surface area (Å²) < 4.78 is 15.1. The molecule has 29 heavy (non-hydrogen) atoms. The van der Waals surface area contributed by atoms with Crippen LogP contribution in [0, 0.1) is 0 Å². The van der Waals surface area contributed by atoms with Gasteiger partial charge in [0.05, 0.1) is 18.2 Å². The van der Waals surface area contributed by atoms with Crippen LogP contribution in [-0.4, -0.2) is 36.5 Å². The number of nitrogens with zero attached hydrogens (tertiary/aromatic N) is 1. The number of rotatable bonds is 5. The molecule has 2 aromatic heterocycles. The summed E-state index contributed by atoms with van der Waals surface area (Å²) in [4.78, 5) is 41.8. The first-order chi connectivity index (χ1) is 14.1. The maximum absolute atomic E-state index is 12.3. The van der Waals surface area contributed by atoms with Crippen molar-refractivity contribution < 1.29 is 28.3 Å².